The van der Waals surface area contributed by atoms with Crippen LogP contribution in [0.1, 0.15) is 45.6 Å². The minimum absolute atomic E-state index is 0.0158. The number of nitrogens with zero attached hydrogens (tertiary/aromatic N) is 1. The van der Waals surface area contributed by atoms with Gasteiger partial charge in [0.25, 0.3) is 5.91 Å². The van der Waals surface area contributed by atoms with E-state index in [4.69, 9.17) is 11.1 Å². The molecule has 0 aromatic heterocycles. The second-order valence-corrected chi connectivity index (χ2v) is 9.36. The Balaban J connectivity index is 1.61. The molecule has 30 heavy (non-hydrogen) atoms. The third kappa shape index (κ3) is 4.98. The topological polar surface area (TPSA) is 128 Å². The fourth-order valence-electron chi connectivity index (χ4n) is 3.98. The van der Waals surface area contributed by atoms with E-state index in [1.165, 1.54) is 0 Å². The van der Waals surface area contributed by atoms with Gasteiger partial charge in [-0.2, -0.15) is 0 Å². The summed E-state index contributed by atoms with van der Waals surface area (Å²) in [6, 6.07) is 6.47. The van der Waals surface area contributed by atoms with E-state index < -0.39 is 11.9 Å². The van der Waals surface area contributed by atoms with Crippen molar-refractivity contribution in [2.75, 3.05) is 18.4 Å². The lowest BCUT2D eigenvalue weighted by atomic mass is 9.92. The van der Waals surface area contributed by atoms with Crippen molar-refractivity contribution in [2.45, 2.75) is 52.1 Å². The summed E-state index contributed by atoms with van der Waals surface area (Å²) in [5, 5.41) is 13.9. The molecular formula is C22H31N5O3. The van der Waals surface area contributed by atoms with Crippen molar-refractivity contribution in [3.63, 3.8) is 0 Å². The first-order valence-corrected chi connectivity index (χ1v) is 10.4. The van der Waals surface area contributed by atoms with E-state index in [0.29, 0.717) is 30.1 Å². The van der Waals surface area contributed by atoms with Gasteiger partial charge in [-0.25, -0.2) is 0 Å². The SMILES string of the molecule is CC(C)(C)CCNC(=O)[C@@H]1C[C@H]2C[C@H]2N1C(=O)CNc1ccccc1C(=N)C(N)=O. The molecule has 0 spiro atoms. The first kappa shape index (κ1) is 21.8. The fraction of sp³-hybridized carbons (Fsp3) is 0.545. The van der Waals surface area contributed by atoms with E-state index >= 15 is 0 Å². The van der Waals surface area contributed by atoms with Crippen molar-refractivity contribution < 1.29 is 14.4 Å². The number of nitrogens with one attached hydrogen (secondary N) is 3. The number of hydrogen-bond donors (Lipinski definition) is 4. The molecule has 2 fully saturated rings. The molecule has 3 amide bonds. The number of carbonyl (C=O) groups is 3. The van der Waals surface area contributed by atoms with Crippen molar-refractivity contribution in [3.8, 4) is 0 Å². The molecule has 1 aromatic carbocycles. The van der Waals surface area contributed by atoms with E-state index in [-0.39, 0.29) is 35.5 Å². The Bertz CT molecular complexity index is 861. The predicted molar refractivity (Wildman–Crippen MR) is 115 cm³/mol. The van der Waals surface area contributed by atoms with Crippen LogP contribution in [0, 0.1) is 16.7 Å². The minimum atomic E-state index is -0.831. The summed E-state index contributed by atoms with van der Waals surface area (Å²) in [5.41, 5.74) is 5.88. The van der Waals surface area contributed by atoms with Gasteiger partial charge in [0.15, 0.2) is 0 Å². The molecule has 0 bridgehead atoms. The molecule has 1 aromatic rings. The fourth-order valence-corrected chi connectivity index (χ4v) is 3.98. The number of likely N-dealkylation sites (tertiary alicyclic amines) is 1. The lowest BCUT2D eigenvalue weighted by Gasteiger charge is -2.28. The lowest BCUT2D eigenvalue weighted by molar-refractivity contribution is -0.138. The molecule has 0 unspecified atom stereocenters. The predicted octanol–water partition coefficient (Wildman–Crippen LogP) is 1.49. The van der Waals surface area contributed by atoms with Crippen LogP contribution in [-0.4, -0.2) is 53.5 Å². The molecule has 162 valence electrons. The second kappa shape index (κ2) is 8.45. The Morgan fingerprint density at radius 2 is 1.90 bits per heavy atom. The van der Waals surface area contributed by atoms with E-state index in [1.54, 1.807) is 29.2 Å². The summed E-state index contributed by atoms with van der Waals surface area (Å²) in [7, 11) is 0. The van der Waals surface area contributed by atoms with E-state index in [9.17, 15) is 14.4 Å². The maximum absolute atomic E-state index is 13.0. The zero-order chi connectivity index (χ0) is 22.1. The van der Waals surface area contributed by atoms with Crippen LogP contribution in [0.5, 0.6) is 0 Å². The van der Waals surface area contributed by atoms with Crippen molar-refractivity contribution in [1.29, 1.82) is 5.41 Å². The number of primary amides is 1. The molecule has 3 rings (SSSR count). The minimum Gasteiger partial charge on any atom is -0.376 e. The number of nitrogens with two attached hydrogens (primary N) is 1. The molecule has 8 heteroatoms. The summed E-state index contributed by atoms with van der Waals surface area (Å²) in [4.78, 5) is 38.7. The average Bonchev–Trinajstić information content (AvgIpc) is 3.34. The molecule has 8 nitrogen and oxygen atoms in total. The van der Waals surface area contributed by atoms with Gasteiger partial charge in [0.2, 0.25) is 11.8 Å². The van der Waals surface area contributed by atoms with Gasteiger partial charge in [-0.05, 0) is 36.7 Å². The van der Waals surface area contributed by atoms with Crippen molar-refractivity contribution in [2.24, 2.45) is 17.1 Å². The molecule has 1 heterocycles. The normalized spacial score (nSPS) is 22.2. The third-order valence-electron chi connectivity index (χ3n) is 5.74. The summed E-state index contributed by atoms with van der Waals surface area (Å²) < 4.78 is 0. The number of para-hydroxylation sites is 1. The Labute approximate surface area is 177 Å². The lowest BCUT2D eigenvalue weighted by Crippen LogP contribution is -2.49. The van der Waals surface area contributed by atoms with Crippen molar-refractivity contribution in [3.05, 3.63) is 29.8 Å². The van der Waals surface area contributed by atoms with E-state index in [1.807, 2.05) is 0 Å². The number of anilines is 1. The quantitative estimate of drug-likeness (QED) is 0.481. The molecular weight excluding hydrogens is 382 g/mol. The van der Waals surface area contributed by atoms with Crippen LogP contribution in [0.3, 0.4) is 0 Å². The number of rotatable bonds is 8. The number of piperidine rings is 1. The van der Waals surface area contributed by atoms with Gasteiger partial charge in [0.1, 0.15) is 11.8 Å². The molecule has 1 aliphatic heterocycles. The van der Waals surface area contributed by atoms with Gasteiger partial charge in [-0.3, -0.25) is 19.8 Å². The van der Waals surface area contributed by atoms with Crippen LogP contribution < -0.4 is 16.4 Å². The van der Waals surface area contributed by atoms with Crippen molar-refractivity contribution >= 4 is 29.1 Å². The highest BCUT2D eigenvalue weighted by Gasteiger charge is 2.55. The highest BCUT2D eigenvalue weighted by molar-refractivity contribution is 6.44. The van der Waals surface area contributed by atoms with Gasteiger partial charge in [0, 0.05) is 23.8 Å². The highest BCUT2D eigenvalue weighted by atomic mass is 16.2. The first-order chi connectivity index (χ1) is 14.1. The molecule has 3 atom stereocenters. The number of hydrogen-bond acceptors (Lipinski definition) is 5. The third-order valence-corrected chi connectivity index (χ3v) is 5.74. The van der Waals surface area contributed by atoms with Crippen LogP contribution in [-0.2, 0) is 14.4 Å². The van der Waals surface area contributed by atoms with E-state index in [0.717, 1.165) is 12.8 Å². The van der Waals surface area contributed by atoms with Crippen LogP contribution in [0.15, 0.2) is 24.3 Å². The Hall–Kier alpha value is -2.90. The maximum atomic E-state index is 13.0. The Kier molecular flexibility index (Phi) is 6.14. The standard InChI is InChI=1S/C22H31N5O3/c1-22(2,3)8-9-25-21(30)17-11-13-10-16(13)27(17)18(28)12-26-15-7-5-4-6-14(15)19(23)20(24)29/h4-7,13,16-17,23,26H,8-12H2,1-3H3,(H2,24,29)(H,25,30)/t13-,16-,17+/m1/s1. The number of benzene rings is 1. The van der Waals surface area contributed by atoms with Gasteiger partial charge >= 0.3 is 0 Å². The number of fused-ring (bicyclic) bond motifs is 1. The second-order valence-electron chi connectivity index (χ2n) is 9.36. The van der Waals surface area contributed by atoms with Crippen LogP contribution in [0.25, 0.3) is 0 Å². The molecule has 2 aliphatic rings. The summed E-state index contributed by atoms with van der Waals surface area (Å²) >= 11 is 0. The smallest absolute Gasteiger partial charge is 0.267 e. The van der Waals surface area contributed by atoms with Gasteiger partial charge in [0.05, 0.1) is 6.54 Å². The van der Waals surface area contributed by atoms with Crippen LogP contribution in [0.2, 0.25) is 0 Å². The molecule has 1 saturated carbocycles. The molecule has 5 N–H and O–H groups in total. The van der Waals surface area contributed by atoms with Crippen LogP contribution in [0.4, 0.5) is 5.69 Å². The maximum Gasteiger partial charge on any atom is 0.267 e. The zero-order valence-electron chi connectivity index (χ0n) is 17.8. The number of amides is 3. The van der Waals surface area contributed by atoms with Crippen molar-refractivity contribution in [1.82, 2.24) is 10.2 Å². The summed E-state index contributed by atoms with van der Waals surface area (Å²) in [6.45, 7) is 6.96. The van der Waals surface area contributed by atoms with Crippen LogP contribution >= 0.6 is 0 Å². The Morgan fingerprint density at radius 1 is 1.20 bits per heavy atom. The largest absolute Gasteiger partial charge is 0.376 e. The van der Waals surface area contributed by atoms with Gasteiger partial charge < -0.3 is 21.3 Å². The molecule has 0 radical (unpaired) electrons. The van der Waals surface area contributed by atoms with Gasteiger partial charge in [-0.1, -0.05) is 39.0 Å². The van der Waals surface area contributed by atoms with E-state index in [2.05, 4.69) is 31.4 Å². The van der Waals surface area contributed by atoms with Gasteiger partial charge in [-0.15, -0.1) is 0 Å². The highest BCUT2D eigenvalue weighted by Crippen LogP contribution is 2.47. The zero-order valence-corrected chi connectivity index (χ0v) is 17.8. The first-order valence-electron chi connectivity index (χ1n) is 10.4. The summed E-state index contributed by atoms with van der Waals surface area (Å²) in [6.07, 6.45) is 2.53. The summed E-state index contributed by atoms with van der Waals surface area (Å²) in [5.74, 6) is -0.669. The monoisotopic (exact) mass is 413 g/mol. The molecule has 1 saturated heterocycles. The Morgan fingerprint density at radius 3 is 2.57 bits per heavy atom. The average molecular weight is 414 g/mol. The number of carbonyl (C=O) groups excluding carboxylic acids is 3. The molecule has 1 aliphatic carbocycles.